The van der Waals surface area contributed by atoms with Gasteiger partial charge < -0.3 is 5.32 Å². The molecule has 0 bridgehead atoms. The third kappa shape index (κ3) is 5.89. The zero-order valence-corrected chi connectivity index (χ0v) is 18.7. The number of benzene rings is 2. The number of carbonyl (C=O) groups is 1. The van der Waals surface area contributed by atoms with Crippen molar-refractivity contribution >= 4 is 17.5 Å². The van der Waals surface area contributed by atoms with Crippen LogP contribution in [0.2, 0.25) is 0 Å². The second-order valence-corrected chi connectivity index (χ2v) is 8.79. The van der Waals surface area contributed by atoms with Crippen LogP contribution in [-0.4, -0.2) is 15.8 Å². The lowest BCUT2D eigenvalue weighted by atomic mass is 9.92. The number of urea groups is 1. The molecule has 0 unspecified atom stereocenters. The van der Waals surface area contributed by atoms with Crippen LogP contribution in [-0.2, 0) is 17.8 Å². The summed E-state index contributed by atoms with van der Waals surface area (Å²) in [5.74, 6) is 0.189. The van der Waals surface area contributed by atoms with E-state index in [1.807, 2.05) is 39.8 Å². The summed E-state index contributed by atoms with van der Waals surface area (Å²) in [6, 6.07) is 8.62. The highest BCUT2D eigenvalue weighted by Crippen LogP contribution is 2.37. The highest BCUT2D eigenvalue weighted by molar-refractivity contribution is 5.99. The molecule has 0 atom stereocenters. The van der Waals surface area contributed by atoms with Crippen LogP contribution in [0, 0.1) is 6.92 Å². The third-order valence-electron chi connectivity index (χ3n) is 4.84. The number of alkyl halides is 6. The van der Waals surface area contributed by atoms with Crippen molar-refractivity contribution in [1.82, 2.24) is 9.78 Å². The van der Waals surface area contributed by atoms with Gasteiger partial charge in [0.2, 0.25) is 0 Å². The van der Waals surface area contributed by atoms with Crippen molar-refractivity contribution in [2.45, 2.75) is 45.5 Å². The molecule has 0 aliphatic rings. The van der Waals surface area contributed by atoms with E-state index < -0.39 is 40.6 Å². The van der Waals surface area contributed by atoms with E-state index in [1.54, 1.807) is 18.2 Å². The van der Waals surface area contributed by atoms with E-state index in [0.29, 0.717) is 23.5 Å². The van der Waals surface area contributed by atoms with Crippen molar-refractivity contribution < 1.29 is 31.1 Å². The lowest BCUT2D eigenvalue weighted by Crippen LogP contribution is -2.22. The molecule has 0 radical (unpaired) electrons. The van der Waals surface area contributed by atoms with Crippen LogP contribution >= 0.6 is 0 Å². The molecule has 5 nitrogen and oxygen atoms in total. The number of anilines is 2. The summed E-state index contributed by atoms with van der Waals surface area (Å²) in [6.07, 6.45) is -10.1. The van der Waals surface area contributed by atoms with Crippen molar-refractivity contribution in [2.75, 3.05) is 10.6 Å². The molecule has 2 aromatic carbocycles. The largest absolute Gasteiger partial charge is 0.416 e. The summed E-state index contributed by atoms with van der Waals surface area (Å²) in [5.41, 5.74) is -1.90. The highest BCUT2D eigenvalue weighted by atomic mass is 19.4. The number of aromatic nitrogens is 2. The fourth-order valence-corrected chi connectivity index (χ4v) is 3.03. The Bertz CT molecular complexity index is 1160. The molecule has 0 fully saturated rings. The van der Waals surface area contributed by atoms with E-state index in [9.17, 15) is 31.1 Å². The van der Waals surface area contributed by atoms with Gasteiger partial charge in [0, 0.05) is 17.2 Å². The minimum atomic E-state index is -5.03. The number of aryl methyl sites for hydroxylation is 1. The number of nitrogens with zero attached hydrogens (tertiary/aromatic N) is 2. The van der Waals surface area contributed by atoms with Crippen molar-refractivity contribution in [3.8, 4) is 5.69 Å². The number of nitrogens with one attached hydrogen (secondary N) is 2. The standard InChI is InChI=1S/C23H22F6N4O/c1-13-5-7-17(8-6-13)33-19(12-18(32-33)21(2,3)4)31-20(34)30-16-10-14(22(24,25)26)9-15(11-16)23(27,28)29/h5-12H,1-4H3,(H2,30,31,34). The second-order valence-electron chi connectivity index (χ2n) is 8.79. The molecule has 3 aromatic rings. The van der Waals surface area contributed by atoms with E-state index in [0.717, 1.165) is 5.56 Å². The molecule has 182 valence electrons. The van der Waals surface area contributed by atoms with Crippen LogP contribution in [0.15, 0.2) is 48.5 Å². The molecule has 0 spiro atoms. The summed E-state index contributed by atoms with van der Waals surface area (Å²) in [4.78, 5) is 12.6. The van der Waals surface area contributed by atoms with E-state index in [1.165, 1.54) is 4.68 Å². The summed E-state index contributed by atoms with van der Waals surface area (Å²) >= 11 is 0. The van der Waals surface area contributed by atoms with Gasteiger partial charge in [0.05, 0.1) is 22.5 Å². The Labute approximate surface area is 191 Å². The molecule has 2 N–H and O–H groups in total. The summed E-state index contributed by atoms with van der Waals surface area (Å²) in [5, 5.41) is 9.04. The van der Waals surface area contributed by atoms with E-state index in [4.69, 9.17) is 0 Å². The Hall–Kier alpha value is -3.50. The first-order chi connectivity index (χ1) is 15.5. The predicted molar refractivity (Wildman–Crippen MR) is 116 cm³/mol. The Balaban J connectivity index is 1.94. The maximum absolute atomic E-state index is 13.1. The Morgan fingerprint density at radius 3 is 1.82 bits per heavy atom. The van der Waals surface area contributed by atoms with Gasteiger partial charge in [-0.25, -0.2) is 9.48 Å². The van der Waals surface area contributed by atoms with Crippen LogP contribution in [0.5, 0.6) is 0 Å². The van der Waals surface area contributed by atoms with Crippen molar-refractivity contribution in [3.05, 3.63) is 70.9 Å². The number of halogens is 6. The number of hydrogen-bond acceptors (Lipinski definition) is 2. The van der Waals surface area contributed by atoms with Crippen molar-refractivity contribution in [3.63, 3.8) is 0 Å². The van der Waals surface area contributed by atoms with Gasteiger partial charge in [0.1, 0.15) is 5.82 Å². The molecule has 0 saturated carbocycles. The van der Waals surface area contributed by atoms with E-state index in [2.05, 4.69) is 15.7 Å². The predicted octanol–water partition coefficient (Wildman–Crippen LogP) is 7.16. The van der Waals surface area contributed by atoms with Crippen LogP contribution in [0.25, 0.3) is 5.69 Å². The van der Waals surface area contributed by atoms with Crippen LogP contribution < -0.4 is 10.6 Å². The molecule has 3 rings (SSSR count). The molecule has 34 heavy (non-hydrogen) atoms. The molecule has 0 saturated heterocycles. The average molecular weight is 484 g/mol. The number of rotatable bonds is 3. The highest BCUT2D eigenvalue weighted by Gasteiger charge is 2.37. The van der Waals surface area contributed by atoms with E-state index >= 15 is 0 Å². The monoisotopic (exact) mass is 484 g/mol. The normalized spacial score (nSPS) is 12.5. The topological polar surface area (TPSA) is 59.0 Å². The lowest BCUT2D eigenvalue weighted by molar-refractivity contribution is -0.143. The van der Waals surface area contributed by atoms with Gasteiger partial charge in [0.15, 0.2) is 0 Å². The molecular formula is C23H22F6N4O. The fraction of sp³-hybridized carbons (Fsp3) is 0.304. The van der Waals surface area contributed by atoms with Gasteiger partial charge in [-0.1, -0.05) is 38.5 Å². The van der Waals surface area contributed by atoms with E-state index in [-0.39, 0.29) is 11.9 Å². The van der Waals surface area contributed by atoms with Gasteiger partial charge in [-0.15, -0.1) is 0 Å². The number of amides is 2. The zero-order valence-electron chi connectivity index (χ0n) is 18.7. The van der Waals surface area contributed by atoms with Gasteiger partial charge in [0.25, 0.3) is 0 Å². The lowest BCUT2D eigenvalue weighted by Gasteiger charge is -2.15. The van der Waals surface area contributed by atoms with Gasteiger partial charge >= 0.3 is 18.4 Å². The summed E-state index contributed by atoms with van der Waals surface area (Å²) in [6.45, 7) is 7.60. The van der Waals surface area contributed by atoms with Crippen LogP contribution in [0.1, 0.15) is 43.2 Å². The molecule has 2 amide bonds. The molecule has 11 heteroatoms. The second kappa shape index (κ2) is 8.69. The minimum Gasteiger partial charge on any atom is -0.308 e. The maximum Gasteiger partial charge on any atom is 0.416 e. The molecular weight excluding hydrogens is 462 g/mol. The van der Waals surface area contributed by atoms with Crippen molar-refractivity contribution in [1.29, 1.82) is 0 Å². The minimum absolute atomic E-state index is 0.00877. The number of carbonyl (C=O) groups excluding carboxylic acids is 1. The first-order valence-electron chi connectivity index (χ1n) is 10.1. The first kappa shape index (κ1) is 25.1. The average Bonchev–Trinajstić information content (AvgIpc) is 3.11. The van der Waals surface area contributed by atoms with Gasteiger partial charge in [-0.05, 0) is 37.3 Å². The first-order valence-corrected chi connectivity index (χ1v) is 10.1. The Morgan fingerprint density at radius 1 is 0.824 bits per heavy atom. The zero-order chi connectivity index (χ0) is 25.5. The van der Waals surface area contributed by atoms with Crippen LogP contribution in [0.4, 0.5) is 42.6 Å². The van der Waals surface area contributed by atoms with Gasteiger partial charge in [-0.3, -0.25) is 5.32 Å². The Kier molecular flexibility index (Phi) is 6.43. The smallest absolute Gasteiger partial charge is 0.308 e. The molecule has 1 aromatic heterocycles. The quantitative estimate of drug-likeness (QED) is 0.388. The molecule has 0 aliphatic carbocycles. The summed E-state index contributed by atoms with van der Waals surface area (Å²) in [7, 11) is 0. The fourth-order valence-electron chi connectivity index (χ4n) is 3.03. The van der Waals surface area contributed by atoms with Crippen molar-refractivity contribution in [2.24, 2.45) is 0 Å². The van der Waals surface area contributed by atoms with Gasteiger partial charge in [-0.2, -0.15) is 31.4 Å². The van der Waals surface area contributed by atoms with Crippen LogP contribution in [0.3, 0.4) is 0 Å². The SMILES string of the molecule is Cc1ccc(-n2nc(C(C)(C)C)cc2NC(=O)Nc2cc(C(F)(F)F)cc(C(F)(F)F)c2)cc1. The molecule has 0 aliphatic heterocycles. The number of hydrogen-bond donors (Lipinski definition) is 2. The summed E-state index contributed by atoms with van der Waals surface area (Å²) < 4.78 is 80.0. The Morgan fingerprint density at radius 2 is 1.35 bits per heavy atom. The maximum atomic E-state index is 13.1. The molecule has 1 heterocycles. The third-order valence-corrected chi connectivity index (χ3v) is 4.84.